The molecule has 0 spiro atoms. The zero-order valence-electron chi connectivity index (χ0n) is 17.1. The Bertz CT molecular complexity index is 770. The van der Waals surface area contributed by atoms with Crippen molar-refractivity contribution >= 4 is 5.91 Å². The third-order valence-electron chi connectivity index (χ3n) is 5.08. The number of hydrogen-bond donors (Lipinski definition) is 0. The van der Waals surface area contributed by atoms with Gasteiger partial charge in [0.05, 0.1) is 13.2 Å². The van der Waals surface area contributed by atoms with E-state index in [1.54, 1.807) is 6.08 Å². The van der Waals surface area contributed by atoms with Gasteiger partial charge in [-0.15, -0.1) is 0 Å². The Morgan fingerprint density at radius 3 is 2.52 bits per heavy atom. The monoisotopic (exact) mass is 394 g/mol. The maximum atomic E-state index is 13.4. The van der Waals surface area contributed by atoms with E-state index in [4.69, 9.17) is 9.47 Å². The van der Waals surface area contributed by atoms with E-state index >= 15 is 0 Å². The molecule has 29 heavy (non-hydrogen) atoms. The van der Waals surface area contributed by atoms with Gasteiger partial charge in [-0.2, -0.15) is 0 Å². The Morgan fingerprint density at radius 1 is 1.17 bits per heavy atom. The second-order valence-corrected chi connectivity index (χ2v) is 7.30. The number of hydrogen-bond acceptors (Lipinski definition) is 4. The summed E-state index contributed by atoms with van der Waals surface area (Å²) in [5, 5.41) is 0. The average molecular weight is 395 g/mol. The molecular formula is C24H30N2O3. The molecule has 0 aromatic heterocycles. The first-order chi connectivity index (χ1) is 14.2. The smallest absolute Gasteiger partial charge is 0.254 e. The second-order valence-electron chi connectivity index (χ2n) is 7.30. The molecule has 1 fully saturated rings. The number of rotatable bonds is 9. The molecule has 1 atom stereocenters. The average Bonchev–Trinajstić information content (AvgIpc) is 2.77. The summed E-state index contributed by atoms with van der Waals surface area (Å²) in [6, 6.07) is 17.6. The van der Waals surface area contributed by atoms with Crippen molar-refractivity contribution in [3.05, 3.63) is 78.4 Å². The molecule has 1 saturated heterocycles. The van der Waals surface area contributed by atoms with Gasteiger partial charge in [-0.3, -0.25) is 9.69 Å². The van der Waals surface area contributed by atoms with Gasteiger partial charge in [-0.25, -0.2) is 0 Å². The Balaban J connectivity index is 1.75. The highest BCUT2D eigenvalue weighted by molar-refractivity contribution is 5.94. The van der Waals surface area contributed by atoms with Crippen molar-refractivity contribution in [2.24, 2.45) is 0 Å². The molecule has 0 radical (unpaired) electrons. The quantitative estimate of drug-likeness (QED) is 0.610. The van der Waals surface area contributed by atoms with E-state index in [1.165, 1.54) is 0 Å². The second kappa shape index (κ2) is 10.8. The first-order valence-corrected chi connectivity index (χ1v) is 10.2. The Morgan fingerprint density at radius 2 is 1.86 bits per heavy atom. The van der Waals surface area contributed by atoms with Crippen LogP contribution in [0, 0.1) is 0 Å². The summed E-state index contributed by atoms with van der Waals surface area (Å²) in [7, 11) is 0. The van der Waals surface area contributed by atoms with Gasteiger partial charge in [-0.05, 0) is 36.8 Å². The van der Waals surface area contributed by atoms with E-state index in [9.17, 15) is 4.79 Å². The van der Waals surface area contributed by atoms with Crippen molar-refractivity contribution in [2.75, 3.05) is 39.5 Å². The molecule has 1 aliphatic rings. The molecule has 0 N–H and O–H groups in total. The molecule has 1 unspecified atom stereocenters. The third kappa shape index (κ3) is 6.17. The van der Waals surface area contributed by atoms with Crippen LogP contribution in [0.15, 0.2) is 67.3 Å². The van der Waals surface area contributed by atoms with E-state index in [0.29, 0.717) is 18.7 Å². The fraction of sp³-hybridized carbons (Fsp3) is 0.375. The minimum atomic E-state index is 0.0323. The predicted octanol–water partition coefficient (Wildman–Crippen LogP) is 3.61. The van der Waals surface area contributed by atoms with Crippen LogP contribution >= 0.6 is 0 Å². The molecule has 2 aromatic carbocycles. The van der Waals surface area contributed by atoms with Crippen molar-refractivity contribution in [3.8, 4) is 5.75 Å². The SMILES string of the molecule is C=CCOc1ccc(C(=O)N(Cc2ccccc2)C(C)CN2CCOCC2)cc1. The largest absolute Gasteiger partial charge is 0.490 e. The molecular weight excluding hydrogens is 364 g/mol. The molecule has 2 aromatic rings. The third-order valence-corrected chi connectivity index (χ3v) is 5.08. The molecule has 0 saturated carbocycles. The molecule has 5 heteroatoms. The van der Waals surface area contributed by atoms with Crippen LogP contribution in [-0.2, 0) is 11.3 Å². The number of carbonyl (C=O) groups is 1. The minimum Gasteiger partial charge on any atom is -0.490 e. The number of ether oxygens (including phenoxy) is 2. The van der Waals surface area contributed by atoms with Gasteiger partial charge in [0.2, 0.25) is 0 Å². The Labute approximate surface area is 173 Å². The number of benzene rings is 2. The maximum absolute atomic E-state index is 13.4. The highest BCUT2D eigenvalue weighted by Gasteiger charge is 2.24. The van der Waals surface area contributed by atoms with Crippen LogP contribution in [-0.4, -0.2) is 61.2 Å². The Hall–Kier alpha value is -2.63. The predicted molar refractivity (Wildman–Crippen MR) is 115 cm³/mol. The lowest BCUT2D eigenvalue weighted by molar-refractivity contribution is 0.0228. The number of amides is 1. The zero-order chi connectivity index (χ0) is 20.5. The summed E-state index contributed by atoms with van der Waals surface area (Å²) in [6.07, 6.45) is 1.70. The normalized spacial score (nSPS) is 15.5. The fourth-order valence-electron chi connectivity index (χ4n) is 3.48. The first kappa shape index (κ1) is 21.1. The number of nitrogens with zero attached hydrogens (tertiary/aromatic N) is 2. The van der Waals surface area contributed by atoms with Gasteiger partial charge in [0, 0.05) is 37.8 Å². The minimum absolute atomic E-state index is 0.0323. The lowest BCUT2D eigenvalue weighted by Crippen LogP contribution is -2.47. The lowest BCUT2D eigenvalue weighted by atomic mass is 10.1. The van der Waals surface area contributed by atoms with Gasteiger partial charge >= 0.3 is 0 Å². The highest BCUT2D eigenvalue weighted by atomic mass is 16.5. The van der Waals surface area contributed by atoms with Crippen LogP contribution in [0.2, 0.25) is 0 Å². The maximum Gasteiger partial charge on any atom is 0.254 e. The van der Waals surface area contributed by atoms with Crippen LogP contribution in [0.3, 0.4) is 0 Å². The van der Waals surface area contributed by atoms with Gasteiger partial charge in [0.15, 0.2) is 0 Å². The van der Waals surface area contributed by atoms with E-state index in [1.807, 2.05) is 47.4 Å². The van der Waals surface area contributed by atoms with Crippen molar-refractivity contribution in [1.29, 1.82) is 0 Å². The topological polar surface area (TPSA) is 42.0 Å². The van der Waals surface area contributed by atoms with E-state index in [-0.39, 0.29) is 11.9 Å². The lowest BCUT2D eigenvalue weighted by Gasteiger charge is -2.35. The first-order valence-electron chi connectivity index (χ1n) is 10.2. The van der Waals surface area contributed by atoms with Gasteiger partial charge in [-0.1, -0.05) is 43.0 Å². The van der Waals surface area contributed by atoms with Crippen molar-refractivity contribution in [3.63, 3.8) is 0 Å². The van der Waals surface area contributed by atoms with Crippen LogP contribution in [0.5, 0.6) is 5.75 Å². The summed E-state index contributed by atoms with van der Waals surface area (Å²) in [5.41, 5.74) is 1.79. The molecule has 1 amide bonds. The van der Waals surface area contributed by atoms with E-state index < -0.39 is 0 Å². The van der Waals surface area contributed by atoms with Crippen molar-refractivity contribution < 1.29 is 14.3 Å². The van der Waals surface area contributed by atoms with E-state index in [2.05, 4.69) is 30.5 Å². The summed E-state index contributed by atoms with van der Waals surface area (Å²) in [5.74, 6) is 0.766. The molecule has 0 bridgehead atoms. The van der Waals surface area contributed by atoms with Gasteiger partial charge in [0.25, 0.3) is 5.91 Å². The standard InChI is InChI=1S/C24H30N2O3/c1-3-15-29-23-11-9-22(10-12-23)24(27)26(19-21-7-5-4-6-8-21)20(2)18-25-13-16-28-17-14-25/h3-12,20H,1,13-19H2,2H3. The van der Waals surface area contributed by atoms with E-state index in [0.717, 1.165) is 44.2 Å². The summed E-state index contributed by atoms with van der Waals surface area (Å²) >= 11 is 0. The number of morpholine rings is 1. The Kier molecular flexibility index (Phi) is 7.85. The van der Waals surface area contributed by atoms with Crippen molar-refractivity contribution in [2.45, 2.75) is 19.5 Å². The number of carbonyl (C=O) groups excluding carboxylic acids is 1. The molecule has 1 aliphatic heterocycles. The molecule has 0 aliphatic carbocycles. The van der Waals surface area contributed by atoms with Crippen molar-refractivity contribution in [1.82, 2.24) is 9.80 Å². The highest BCUT2D eigenvalue weighted by Crippen LogP contribution is 2.18. The zero-order valence-corrected chi connectivity index (χ0v) is 17.1. The fourth-order valence-corrected chi connectivity index (χ4v) is 3.48. The van der Waals surface area contributed by atoms with Gasteiger partial charge < -0.3 is 14.4 Å². The summed E-state index contributed by atoms with van der Waals surface area (Å²) < 4.78 is 11.0. The molecule has 1 heterocycles. The molecule has 154 valence electrons. The van der Waals surface area contributed by atoms with Crippen LogP contribution in [0.1, 0.15) is 22.8 Å². The summed E-state index contributed by atoms with van der Waals surface area (Å²) in [4.78, 5) is 17.7. The van der Waals surface area contributed by atoms with Crippen LogP contribution < -0.4 is 4.74 Å². The van der Waals surface area contributed by atoms with Crippen LogP contribution in [0.4, 0.5) is 0 Å². The van der Waals surface area contributed by atoms with Gasteiger partial charge in [0.1, 0.15) is 12.4 Å². The molecule has 5 nitrogen and oxygen atoms in total. The van der Waals surface area contributed by atoms with Crippen LogP contribution in [0.25, 0.3) is 0 Å². The molecule has 3 rings (SSSR count). The summed E-state index contributed by atoms with van der Waals surface area (Å²) in [6.45, 7) is 11.0.